The highest BCUT2D eigenvalue weighted by Gasteiger charge is 2.36. The molecular formula is C16H14ClFN4O2S. The van der Waals surface area contributed by atoms with Crippen LogP contribution in [0.15, 0.2) is 18.2 Å². The zero-order valence-corrected chi connectivity index (χ0v) is 14.6. The van der Waals surface area contributed by atoms with Gasteiger partial charge in [-0.3, -0.25) is 9.59 Å². The van der Waals surface area contributed by atoms with Gasteiger partial charge in [0.05, 0.1) is 10.9 Å². The van der Waals surface area contributed by atoms with Crippen LogP contribution in [0.25, 0.3) is 0 Å². The van der Waals surface area contributed by atoms with Crippen molar-refractivity contribution in [1.82, 2.24) is 10.2 Å². The summed E-state index contributed by atoms with van der Waals surface area (Å²) in [6, 6.07) is 4.16. The fraction of sp³-hybridized carbons (Fsp3) is 0.375. The Balaban J connectivity index is 1.43. The normalized spacial score (nSPS) is 20.2. The topological polar surface area (TPSA) is 75.2 Å². The first kappa shape index (κ1) is 16.4. The van der Waals surface area contributed by atoms with Crippen LogP contribution in [0.5, 0.6) is 0 Å². The van der Waals surface area contributed by atoms with Crippen LogP contribution in [0.3, 0.4) is 0 Å². The van der Waals surface area contributed by atoms with Crippen molar-refractivity contribution in [2.45, 2.75) is 25.2 Å². The molecule has 1 N–H and O–H groups in total. The molecule has 4 rings (SSSR count). The van der Waals surface area contributed by atoms with Crippen LogP contribution >= 0.6 is 22.9 Å². The standard InChI is InChI=1S/C16H14ClFN4O2S/c17-11-4-3-10(6-12(11)18)22-7-9(5-13(22)23)14(24)19-16-21-20-15(25-16)8-1-2-8/h3-4,6,8-9H,1-2,5,7H2,(H,19,21,24)/t9-/m0/s1. The van der Waals surface area contributed by atoms with Crippen LogP contribution in [0, 0.1) is 11.7 Å². The summed E-state index contributed by atoms with van der Waals surface area (Å²) in [5, 5.41) is 12.2. The molecule has 130 valence electrons. The third-order valence-corrected chi connectivity index (χ3v) is 5.62. The number of anilines is 2. The summed E-state index contributed by atoms with van der Waals surface area (Å²) in [6.07, 6.45) is 2.31. The number of nitrogens with zero attached hydrogens (tertiary/aromatic N) is 3. The second-order valence-electron chi connectivity index (χ2n) is 6.21. The number of halogens is 2. The van der Waals surface area contributed by atoms with Gasteiger partial charge in [-0.15, -0.1) is 10.2 Å². The maximum atomic E-state index is 13.6. The number of amides is 2. The number of hydrogen-bond acceptors (Lipinski definition) is 5. The number of benzene rings is 1. The van der Waals surface area contributed by atoms with Crippen molar-refractivity contribution in [2.24, 2.45) is 5.92 Å². The summed E-state index contributed by atoms with van der Waals surface area (Å²) in [6.45, 7) is 0.194. The zero-order chi connectivity index (χ0) is 17.6. The van der Waals surface area contributed by atoms with E-state index in [2.05, 4.69) is 15.5 Å². The van der Waals surface area contributed by atoms with Gasteiger partial charge in [0.1, 0.15) is 10.8 Å². The SMILES string of the molecule is O=C(Nc1nnc(C2CC2)s1)[C@H]1CC(=O)N(c2ccc(Cl)c(F)c2)C1. The third kappa shape index (κ3) is 3.36. The summed E-state index contributed by atoms with van der Waals surface area (Å²) < 4.78 is 13.6. The summed E-state index contributed by atoms with van der Waals surface area (Å²) in [5.74, 6) is -1.13. The van der Waals surface area contributed by atoms with Crippen LogP contribution in [0.2, 0.25) is 5.02 Å². The van der Waals surface area contributed by atoms with Crippen LogP contribution < -0.4 is 10.2 Å². The minimum Gasteiger partial charge on any atom is -0.311 e. The van der Waals surface area contributed by atoms with Gasteiger partial charge in [-0.25, -0.2) is 4.39 Å². The van der Waals surface area contributed by atoms with Crippen LogP contribution in [-0.2, 0) is 9.59 Å². The Labute approximate surface area is 152 Å². The molecule has 2 aromatic rings. The number of hydrogen-bond donors (Lipinski definition) is 1. The van der Waals surface area contributed by atoms with E-state index in [-0.39, 0.29) is 29.8 Å². The van der Waals surface area contributed by atoms with E-state index in [1.165, 1.54) is 28.4 Å². The monoisotopic (exact) mass is 380 g/mol. The molecule has 0 bridgehead atoms. The van der Waals surface area contributed by atoms with E-state index in [4.69, 9.17) is 11.6 Å². The predicted molar refractivity (Wildman–Crippen MR) is 92.4 cm³/mol. The van der Waals surface area contributed by atoms with E-state index in [0.29, 0.717) is 16.7 Å². The molecule has 0 radical (unpaired) electrons. The van der Waals surface area contributed by atoms with Gasteiger partial charge in [-0.05, 0) is 31.0 Å². The average Bonchev–Trinajstić information content (AvgIpc) is 3.21. The number of carbonyl (C=O) groups excluding carboxylic acids is 2. The lowest BCUT2D eigenvalue weighted by atomic mass is 10.1. The molecule has 1 aliphatic carbocycles. The lowest BCUT2D eigenvalue weighted by Gasteiger charge is -2.16. The number of carbonyl (C=O) groups is 2. The third-order valence-electron chi connectivity index (χ3n) is 4.31. The van der Waals surface area contributed by atoms with Gasteiger partial charge >= 0.3 is 0 Å². The van der Waals surface area contributed by atoms with Gasteiger partial charge in [0.25, 0.3) is 0 Å². The van der Waals surface area contributed by atoms with Gasteiger partial charge in [0.15, 0.2) is 0 Å². The minimum absolute atomic E-state index is 0.00701. The molecular weight excluding hydrogens is 367 g/mol. The van der Waals surface area contributed by atoms with Crippen molar-refractivity contribution < 1.29 is 14.0 Å². The van der Waals surface area contributed by atoms with E-state index < -0.39 is 11.7 Å². The van der Waals surface area contributed by atoms with Gasteiger partial charge in [0, 0.05) is 24.6 Å². The molecule has 1 aromatic heterocycles. The molecule has 1 saturated carbocycles. The highest BCUT2D eigenvalue weighted by atomic mass is 35.5. The maximum absolute atomic E-state index is 13.6. The van der Waals surface area contributed by atoms with Crippen molar-refractivity contribution in [1.29, 1.82) is 0 Å². The van der Waals surface area contributed by atoms with Crippen molar-refractivity contribution >= 4 is 45.6 Å². The smallest absolute Gasteiger partial charge is 0.231 e. The zero-order valence-electron chi connectivity index (χ0n) is 13.0. The van der Waals surface area contributed by atoms with E-state index in [1.807, 2.05) is 0 Å². The van der Waals surface area contributed by atoms with Gasteiger partial charge < -0.3 is 10.2 Å². The molecule has 1 saturated heterocycles. The second-order valence-corrected chi connectivity index (χ2v) is 7.63. The molecule has 1 atom stereocenters. The highest BCUT2D eigenvalue weighted by molar-refractivity contribution is 7.15. The number of rotatable bonds is 4. The van der Waals surface area contributed by atoms with Gasteiger partial charge in [0.2, 0.25) is 16.9 Å². The Morgan fingerprint density at radius 3 is 2.88 bits per heavy atom. The minimum atomic E-state index is -0.596. The molecule has 2 heterocycles. The molecule has 0 unspecified atom stereocenters. The number of nitrogens with one attached hydrogen (secondary N) is 1. The van der Waals surface area contributed by atoms with Gasteiger partial charge in [-0.1, -0.05) is 22.9 Å². The van der Waals surface area contributed by atoms with Crippen LogP contribution in [0.4, 0.5) is 15.2 Å². The first-order valence-electron chi connectivity index (χ1n) is 7.91. The van der Waals surface area contributed by atoms with Crippen LogP contribution in [0.1, 0.15) is 30.2 Å². The molecule has 2 aliphatic rings. The summed E-state index contributed by atoms with van der Waals surface area (Å²) in [4.78, 5) is 26.0. The molecule has 25 heavy (non-hydrogen) atoms. The average molecular weight is 381 g/mol. The summed E-state index contributed by atoms with van der Waals surface area (Å²) in [7, 11) is 0. The first-order valence-corrected chi connectivity index (χ1v) is 9.10. The molecule has 0 spiro atoms. The lowest BCUT2D eigenvalue weighted by Crippen LogP contribution is -2.28. The fourth-order valence-corrected chi connectivity index (χ4v) is 3.81. The van der Waals surface area contributed by atoms with E-state index in [0.717, 1.165) is 17.8 Å². The van der Waals surface area contributed by atoms with E-state index in [9.17, 15) is 14.0 Å². The summed E-state index contributed by atoms with van der Waals surface area (Å²) in [5.41, 5.74) is 0.397. The van der Waals surface area contributed by atoms with Crippen molar-refractivity contribution in [3.63, 3.8) is 0 Å². The highest BCUT2D eigenvalue weighted by Crippen LogP contribution is 2.42. The lowest BCUT2D eigenvalue weighted by molar-refractivity contribution is -0.122. The molecule has 9 heteroatoms. The Morgan fingerprint density at radius 1 is 1.36 bits per heavy atom. The molecule has 2 fully saturated rings. The molecule has 2 amide bonds. The second kappa shape index (κ2) is 6.34. The quantitative estimate of drug-likeness (QED) is 0.883. The predicted octanol–water partition coefficient (Wildman–Crippen LogP) is 3.20. The molecule has 1 aromatic carbocycles. The Morgan fingerprint density at radius 2 is 2.16 bits per heavy atom. The fourth-order valence-electron chi connectivity index (χ4n) is 2.77. The van der Waals surface area contributed by atoms with E-state index >= 15 is 0 Å². The maximum Gasteiger partial charge on any atom is 0.231 e. The van der Waals surface area contributed by atoms with Crippen LogP contribution in [-0.4, -0.2) is 28.6 Å². The molecule has 6 nitrogen and oxygen atoms in total. The van der Waals surface area contributed by atoms with Crippen molar-refractivity contribution in [2.75, 3.05) is 16.8 Å². The first-order chi connectivity index (χ1) is 12.0. The Kier molecular flexibility index (Phi) is 4.16. The number of aromatic nitrogens is 2. The van der Waals surface area contributed by atoms with Gasteiger partial charge in [-0.2, -0.15) is 0 Å². The van der Waals surface area contributed by atoms with E-state index in [1.54, 1.807) is 6.07 Å². The Hall–Kier alpha value is -2.06. The van der Waals surface area contributed by atoms with Crippen molar-refractivity contribution in [3.05, 3.63) is 34.0 Å². The Bertz CT molecular complexity index is 854. The molecule has 1 aliphatic heterocycles. The summed E-state index contributed by atoms with van der Waals surface area (Å²) >= 11 is 7.04. The van der Waals surface area contributed by atoms with Crippen molar-refractivity contribution in [3.8, 4) is 0 Å². The largest absolute Gasteiger partial charge is 0.311 e.